The molecule has 1 aliphatic heterocycles. The van der Waals surface area contributed by atoms with Gasteiger partial charge in [0, 0.05) is 18.0 Å². The maximum atomic E-state index is 13.2. The Bertz CT molecular complexity index is 1250. The molecule has 0 saturated carbocycles. The summed E-state index contributed by atoms with van der Waals surface area (Å²) in [6.07, 6.45) is 0. The lowest BCUT2D eigenvalue weighted by Gasteiger charge is -2.17. The summed E-state index contributed by atoms with van der Waals surface area (Å²) >= 11 is 0. The molecule has 4 aromatic rings. The van der Waals surface area contributed by atoms with Crippen LogP contribution in [0.5, 0.6) is 5.75 Å². The first-order chi connectivity index (χ1) is 14.1. The topological polar surface area (TPSA) is 51.5 Å². The third kappa shape index (κ3) is 2.41. The van der Waals surface area contributed by atoms with Crippen molar-refractivity contribution in [2.24, 2.45) is 7.05 Å². The predicted molar refractivity (Wildman–Crippen MR) is 112 cm³/mol. The molecule has 0 fully saturated rings. The van der Waals surface area contributed by atoms with Crippen LogP contribution in [0.2, 0.25) is 0 Å². The lowest BCUT2D eigenvalue weighted by atomic mass is 10.1. The van der Waals surface area contributed by atoms with Crippen LogP contribution >= 0.6 is 0 Å². The largest absolute Gasteiger partial charge is 0.497 e. The molecule has 0 saturated heterocycles. The van der Waals surface area contributed by atoms with E-state index in [1.54, 1.807) is 31.4 Å². The number of benzene rings is 3. The third-order valence-corrected chi connectivity index (χ3v) is 5.46. The summed E-state index contributed by atoms with van der Waals surface area (Å²) in [5, 5.41) is 0.857. The highest BCUT2D eigenvalue weighted by molar-refractivity contribution is 6.37. The molecular weight excluding hydrogens is 364 g/mol. The van der Waals surface area contributed by atoms with Crippen molar-refractivity contribution in [2.75, 3.05) is 12.0 Å². The normalized spacial score (nSPS) is 13.2. The highest BCUT2D eigenvalue weighted by Gasteiger charge is 2.39. The maximum Gasteiger partial charge on any atom is 0.266 e. The summed E-state index contributed by atoms with van der Waals surface area (Å²) in [7, 11) is 3.57. The number of carbonyl (C=O) groups excluding carboxylic acids is 2. The van der Waals surface area contributed by atoms with Crippen LogP contribution in [0.25, 0.3) is 22.2 Å². The Morgan fingerprint density at radius 1 is 0.759 bits per heavy atom. The Labute approximate surface area is 167 Å². The summed E-state index contributed by atoms with van der Waals surface area (Å²) < 4.78 is 7.30. The van der Waals surface area contributed by atoms with E-state index in [1.165, 1.54) is 4.90 Å². The zero-order valence-electron chi connectivity index (χ0n) is 16.0. The second-order valence-electron chi connectivity index (χ2n) is 6.99. The summed E-state index contributed by atoms with van der Waals surface area (Å²) in [5.74, 6) is 0.156. The fourth-order valence-corrected chi connectivity index (χ4v) is 4.07. The number of rotatable bonds is 3. The number of amides is 2. The number of aryl methyl sites for hydroxylation is 1. The number of anilines is 1. The highest BCUT2D eigenvalue weighted by atomic mass is 16.5. The van der Waals surface area contributed by atoms with E-state index in [0.29, 0.717) is 16.8 Å². The van der Waals surface area contributed by atoms with Crippen LogP contribution in [0.3, 0.4) is 0 Å². The van der Waals surface area contributed by atoms with Gasteiger partial charge in [0.05, 0.1) is 35.1 Å². The summed E-state index contributed by atoms with van der Waals surface area (Å²) in [4.78, 5) is 27.8. The first-order valence-electron chi connectivity index (χ1n) is 9.31. The third-order valence-electron chi connectivity index (χ3n) is 5.46. The van der Waals surface area contributed by atoms with Crippen molar-refractivity contribution in [2.45, 2.75) is 0 Å². The molecule has 5 heteroatoms. The smallest absolute Gasteiger partial charge is 0.266 e. The predicted octanol–water partition coefficient (Wildman–Crippen LogP) is 4.65. The van der Waals surface area contributed by atoms with Gasteiger partial charge in [-0.2, -0.15) is 0 Å². The van der Waals surface area contributed by atoms with Gasteiger partial charge in [-0.05, 0) is 42.5 Å². The minimum absolute atomic E-state index is 0.295. The Kier molecular flexibility index (Phi) is 3.77. The Morgan fingerprint density at radius 2 is 1.34 bits per heavy atom. The van der Waals surface area contributed by atoms with Gasteiger partial charge in [0.25, 0.3) is 11.8 Å². The number of ether oxygens (including phenoxy) is 1. The van der Waals surface area contributed by atoms with Crippen molar-refractivity contribution in [3.8, 4) is 17.0 Å². The van der Waals surface area contributed by atoms with E-state index in [4.69, 9.17) is 4.74 Å². The monoisotopic (exact) mass is 382 g/mol. The molecule has 0 unspecified atom stereocenters. The number of hydrogen-bond acceptors (Lipinski definition) is 3. The van der Waals surface area contributed by atoms with Gasteiger partial charge in [0.1, 0.15) is 5.75 Å². The first kappa shape index (κ1) is 17.3. The van der Waals surface area contributed by atoms with Gasteiger partial charge in [-0.3, -0.25) is 9.59 Å². The molecular formula is C24H18N2O3. The minimum Gasteiger partial charge on any atom is -0.497 e. The zero-order valence-corrected chi connectivity index (χ0v) is 16.0. The average molecular weight is 382 g/mol. The van der Waals surface area contributed by atoms with Crippen LogP contribution in [0.15, 0.2) is 72.8 Å². The number of para-hydroxylation sites is 1. The molecule has 5 nitrogen and oxygen atoms in total. The van der Waals surface area contributed by atoms with Gasteiger partial charge in [0.2, 0.25) is 0 Å². The van der Waals surface area contributed by atoms with Gasteiger partial charge in [-0.1, -0.05) is 30.3 Å². The van der Waals surface area contributed by atoms with Crippen molar-refractivity contribution < 1.29 is 14.3 Å². The van der Waals surface area contributed by atoms with Crippen molar-refractivity contribution in [1.82, 2.24) is 4.57 Å². The van der Waals surface area contributed by atoms with Crippen LogP contribution in [-0.2, 0) is 7.05 Å². The molecule has 2 heterocycles. The molecule has 142 valence electrons. The molecule has 0 radical (unpaired) electrons. The number of hydrogen-bond donors (Lipinski definition) is 0. The minimum atomic E-state index is -0.295. The highest BCUT2D eigenvalue weighted by Crippen LogP contribution is 2.43. The fraction of sp³-hybridized carbons (Fsp3) is 0.0833. The van der Waals surface area contributed by atoms with Crippen LogP contribution in [0.4, 0.5) is 5.69 Å². The number of nitrogens with zero attached hydrogens (tertiary/aromatic N) is 2. The van der Waals surface area contributed by atoms with E-state index in [1.807, 2.05) is 60.1 Å². The van der Waals surface area contributed by atoms with Gasteiger partial charge >= 0.3 is 0 Å². The summed E-state index contributed by atoms with van der Waals surface area (Å²) in [6.45, 7) is 0. The van der Waals surface area contributed by atoms with Gasteiger partial charge < -0.3 is 9.30 Å². The number of imide groups is 1. The van der Waals surface area contributed by atoms with Crippen LogP contribution in [0, 0.1) is 0 Å². The number of carbonyl (C=O) groups is 2. The van der Waals surface area contributed by atoms with E-state index in [-0.39, 0.29) is 11.8 Å². The second kappa shape index (κ2) is 6.34. The Morgan fingerprint density at radius 3 is 1.97 bits per heavy atom. The summed E-state index contributed by atoms with van der Waals surface area (Å²) in [5.41, 5.74) is 4.14. The van der Waals surface area contributed by atoms with Gasteiger partial charge in [-0.15, -0.1) is 0 Å². The van der Waals surface area contributed by atoms with Gasteiger partial charge in [-0.25, -0.2) is 4.90 Å². The quantitative estimate of drug-likeness (QED) is 0.485. The maximum absolute atomic E-state index is 13.2. The molecule has 0 atom stereocenters. The van der Waals surface area contributed by atoms with E-state index in [2.05, 4.69) is 0 Å². The number of fused-ring (bicyclic) bond motifs is 2. The molecule has 3 aromatic carbocycles. The molecule has 29 heavy (non-hydrogen) atoms. The van der Waals surface area contributed by atoms with Crippen molar-refractivity contribution in [3.63, 3.8) is 0 Å². The van der Waals surface area contributed by atoms with Crippen LogP contribution in [-0.4, -0.2) is 23.5 Å². The van der Waals surface area contributed by atoms with E-state index in [9.17, 15) is 9.59 Å². The van der Waals surface area contributed by atoms with E-state index < -0.39 is 0 Å². The Balaban J connectivity index is 1.80. The number of aromatic nitrogens is 1. The van der Waals surface area contributed by atoms with E-state index >= 15 is 0 Å². The molecule has 0 aliphatic carbocycles. The average Bonchev–Trinajstić information content (AvgIpc) is 3.19. The molecule has 1 aromatic heterocycles. The van der Waals surface area contributed by atoms with Crippen molar-refractivity contribution >= 4 is 28.4 Å². The molecule has 0 N–H and O–H groups in total. The molecule has 1 aliphatic rings. The van der Waals surface area contributed by atoms with E-state index in [0.717, 1.165) is 27.9 Å². The lowest BCUT2D eigenvalue weighted by Crippen LogP contribution is -2.29. The van der Waals surface area contributed by atoms with Gasteiger partial charge in [0.15, 0.2) is 0 Å². The van der Waals surface area contributed by atoms with Crippen molar-refractivity contribution in [3.05, 3.63) is 83.9 Å². The number of methoxy groups -OCH3 is 1. The molecule has 5 rings (SSSR count). The molecule has 0 spiro atoms. The molecule has 0 bridgehead atoms. The summed E-state index contributed by atoms with van der Waals surface area (Å²) in [6, 6.07) is 22.4. The fourth-order valence-electron chi connectivity index (χ4n) is 4.07. The first-order valence-corrected chi connectivity index (χ1v) is 9.31. The zero-order chi connectivity index (χ0) is 20.1. The Hall–Kier alpha value is -3.86. The second-order valence-corrected chi connectivity index (χ2v) is 6.99. The SMILES string of the molecule is COc1ccc(-c2c(N3C(=O)c4ccccc4C3=O)c3ccccc3n2C)cc1. The lowest BCUT2D eigenvalue weighted by molar-refractivity contribution is 0.0926. The van der Waals surface area contributed by atoms with Crippen molar-refractivity contribution in [1.29, 1.82) is 0 Å². The van der Waals surface area contributed by atoms with Crippen LogP contribution in [0.1, 0.15) is 20.7 Å². The molecule has 2 amide bonds. The standard InChI is InChI=1S/C24H18N2O3/c1-25-20-10-6-5-9-19(20)22(21(25)15-11-13-16(29-2)14-12-15)26-23(27)17-7-3-4-8-18(17)24(26)28/h3-14H,1-2H3. The van der Waals surface area contributed by atoms with Crippen LogP contribution < -0.4 is 9.64 Å².